The van der Waals surface area contributed by atoms with Crippen molar-refractivity contribution in [1.82, 2.24) is 14.5 Å². The second kappa shape index (κ2) is 7.04. The summed E-state index contributed by atoms with van der Waals surface area (Å²) in [6.07, 6.45) is 1.00. The van der Waals surface area contributed by atoms with Crippen molar-refractivity contribution in [2.75, 3.05) is 32.5 Å². The predicted octanol–water partition coefficient (Wildman–Crippen LogP) is 3.40. The average molecular weight is 363 g/mol. The smallest absolute Gasteiger partial charge is 0.272 e. The van der Waals surface area contributed by atoms with Gasteiger partial charge in [-0.05, 0) is 56.4 Å². The van der Waals surface area contributed by atoms with Crippen molar-refractivity contribution in [3.63, 3.8) is 0 Å². The molecule has 0 saturated carbocycles. The number of aryl methyl sites for hydroxylation is 1. The van der Waals surface area contributed by atoms with Crippen LogP contribution in [0.5, 0.6) is 0 Å². The zero-order chi connectivity index (χ0) is 17.3. The number of hydrogen-bond donors (Lipinski definition) is 1. The molecule has 5 nitrogen and oxygen atoms in total. The van der Waals surface area contributed by atoms with Gasteiger partial charge in [0.2, 0.25) is 5.95 Å². The number of nitrogens with one attached hydrogen (secondary N) is 1. The second-order valence-electron chi connectivity index (χ2n) is 6.18. The van der Waals surface area contributed by atoms with Gasteiger partial charge in [-0.1, -0.05) is 0 Å². The molecule has 128 valence electrons. The Kier molecular flexibility index (Phi) is 5.03. The van der Waals surface area contributed by atoms with Crippen LogP contribution >= 0.6 is 22.7 Å². The molecule has 3 rings (SSSR count). The van der Waals surface area contributed by atoms with Gasteiger partial charge >= 0.3 is 0 Å². The van der Waals surface area contributed by atoms with Gasteiger partial charge in [-0.15, -0.1) is 11.3 Å². The standard InChI is InChI=1S/C17H22N4OS2/c1-11-9-23-10-12(11)14-8-13-15(24-14)16(22)21(4)17(19-13)18-6-5-7-20(2)3/h8-10H,5-7H2,1-4H3,(H,18,19). The molecule has 0 radical (unpaired) electrons. The lowest BCUT2D eigenvalue weighted by molar-refractivity contribution is 0.405. The SMILES string of the molecule is Cc1cscc1-c1cc2nc(NCCCN(C)C)n(C)c(=O)c2s1. The molecule has 0 bridgehead atoms. The molecule has 3 aromatic rings. The van der Waals surface area contributed by atoms with Crippen LogP contribution in [-0.2, 0) is 7.05 Å². The number of aromatic nitrogens is 2. The fourth-order valence-corrected chi connectivity index (χ4v) is 4.63. The Morgan fingerprint density at radius 1 is 1.33 bits per heavy atom. The first kappa shape index (κ1) is 17.1. The minimum atomic E-state index is 0.0132. The average Bonchev–Trinajstić information content (AvgIpc) is 3.14. The van der Waals surface area contributed by atoms with Gasteiger partial charge in [-0.2, -0.15) is 11.3 Å². The highest BCUT2D eigenvalue weighted by Crippen LogP contribution is 2.35. The quantitative estimate of drug-likeness (QED) is 0.683. The number of anilines is 1. The van der Waals surface area contributed by atoms with E-state index in [0.29, 0.717) is 5.95 Å². The lowest BCUT2D eigenvalue weighted by atomic mass is 10.2. The minimum Gasteiger partial charge on any atom is -0.356 e. The van der Waals surface area contributed by atoms with Crippen LogP contribution < -0.4 is 10.9 Å². The molecule has 0 amide bonds. The predicted molar refractivity (Wildman–Crippen MR) is 105 cm³/mol. The molecule has 0 aliphatic heterocycles. The zero-order valence-electron chi connectivity index (χ0n) is 14.4. The van der Waals surface area contributed by atoms with Crippen molar-refractivity contribution in [1.29, 1.82) is 0 Å². The minimum absolute atomic E-state index is 0.0132. The first-order chi connectivity index (χ1) is 11.5. The van der Waals surface area contributed by atoms with E-state index < -0.39 is 0 Å². The maximum absolute atomic E-state index is 12.6. The molecule has 7 heteroatoms. The van der Waals surface area contributed by atoms with Crippen LogP contribution in [0.2, 0.25) is 0 Å². The van der Waals surface area contributed by atoms with E-state index in [4.69, 9.17) is 0 Å². The summed E-state index contributed by atoms with van der Waals surface area (Å²) in [5.41, 5.74) is 3.23. The topological polar surface area (TPSA) is 50.2 Å². The maximum Gasteiger partial charge on any atom is 0.272 e. The monoisotopic (exact) mass is 362 g/mol. The highest BCUT2D eigenvalue weighted by atomic mass is 32.1. The van der Waals surface area contributed by atoms with Gasteiger partial charge in [0.1, 0.15) is 4.70 Å². The molecule has 0 atom stereocenters. The van der Waals surface area contributed by atoms with E-state index in [1.54, 1.807) is 23.0 Å². The molecule has 1 N–H and O–H groups in total. The summed E-state index contributed by atoms with van der Waals surface area (Å²) in [6.45, 7) is 3.90. The molecule has 0 spiro atoms. The van der Waals surface area contributed by atoms with Gasteiger partial charge < -0.3 is 10.2 Å². The van der Waals surface area contributed by atoms with Crippen LogP contribution in [0.25, 0.3) is 20.7 Å². The summed E-state index contributed by atoms with van der Waals surface area (Å²) in [7, 11) is 5.89. The van der Waals surface area contributed by atoms with E-state index in [2.05, 4.69) is 47.0 Å². The number of thiophene rings is 2. The molecule has 0 aliphatic carbocycles. The van der Waals surface area contributed by atoms with Crippen LogP contribution in [0, 0.1) is 6.92 Å². The molecule has 0 saturated heterocycles. The van der Waals surface area contributed by atoms with E-state index in [1.807, 2.05) is 6.07 Å². The van der Waals surface area contributed by atoms with Crippen LogP contribution in [-0.4, -0.2) is 41.6 Å². The molecule has 3 heterocycles. The number of nitrogens with zero attached hydrogens (tertiary/aromatic N) is 3. The number of fused-ring (bicyclic) bond motifs is 1. The summed E-state index contributed by atoms with van der Waals surface area (Å²) in [5, 5.41) is 7.55. The van der Waals surface area contributed by atoms with E-state index in [1.165, 1.54) is 22.5 Å². The molecule has 0 aromatic carbocycles. The third-order valence-electron chi connectivity index (χ3n) is 3.94. The van der Waals surface area contributed by atoms with E-state index >= 15 is 0 Å². The first-order valence-electron chi connectivity index (χ1n) is 7.89. The van der Waals surface area contributed by atoms with Crippen LogP contribution in [0.15, 0.2) is 21.6 Å². The summed E-state index contributed by atoms with van der Waals surface area (Å²) in [6, 6.07) is 2.03. The number of rotatable bonds is 6. The fraction of sp³-hybridized carbons (Fsp3) is 0.412. The molecule has 3 aromatic heterocycles. The Morgan fingerprint density at radius 3 is 2.79 bits per heavy atom. The third kappa shape index (κ3) is 3.38. The van der Waals surface area contributed by atoms with Crippen molar-refractivity contribution in [2.45, 2.75) is 13.3 Å². The van der Waals surface area contributed by atoms with Crippen molar-refractivity contribution in [3.8, 4) is 10.4 Å². The Labute approximate surface area is 149 Å². The summed E-state index contributed by atoms with van der Waals surface area (Å²) < 4.78 is 2.33. The highest BCUT2D eigenvalue weighted by Gasteiger charge is 2.14. The largest absolute Gasteiger partial charge is 0.356 e. The van der Waals surface area contributed by atoms with Crippen molar-refractivity contribution < 1.29 is 0 Å². The Bertz CT molecular complexity index is 907. The normalized spacial score (nSPS) is 11.5. The zero-order valence-corrected chi connectivity index (χ0v) is 16.1. The Balaban J connectivity index is 1.91. The summed E-state index contributed by atoms with van der Waals surface area (Å²) in [4.78, 5) is 20.6. The van der Waals surface area contributed by atoms with Gasteiger partial charge in [0.05, 0.1) is 5.52 Å². The first-order valence-corrected chi connectivity index (χ1v) is 9.65. The molecule has 0 aliphatic rings. The molecular weight excluding hydrogens is 340 g/mol. The molecular formula is C17H22N4OS2. The van der Waals surface area contributed by atoms with Crippen molar-refractivity contribution >= 4 is 38.8 Å². The third-order valence-corrected chi connectivity index (χ3v) is 5.95. The Morgan fingerprint density at radius 2 is 2.12 bits per heavy atom. The molecule has 24 heavy (non-hydrogen) atoms. The molecule has 0 unspecified atom stereocenters. The van der Waals surface area contributed by atoms with Crippen molar-refractivity contribution in [2.24, 2.45) is 7.05 Å². The maximum atomic E-state index is 12.6. The highest BCUT2D eigenvalue weighted by molar-refractivity contribution is 7.22. The van der Waals surface area contributed by atoms with E-state index in [0.717, 1.165) is 34.6 Å². The summed E-state index contributed by atoms with van der Waals surface area (Å²) in [5.74, 6) is 0.637. The van der Waals surface area contributed by atoms with Crippen LogP contribution in [0.3, 0.4) is 0 Å². The second-order valence-corrected chi connectivity index (χ2v) is 7.97. The van der Waals surface area contributed by atoms with Crippen LogP contribution in [0.4, 0.5) is 5.95 Å². The van der Waals surface area contributed by atoms with Gasteiger partial charge in [-0.3, -0.25) is 9.36 Å². The lowest BCUT2D eigenvalue weighted by Gasteiger charge is -2.12. The molecule has 0 fully saturated rings. The number of hydrogen-bond acceptors (Lipinski definition) is 6. The van der Waals surface area contributed by atoms with E-state index in [-0.39, 0.29) is 5.56 Å². The van der Waals surface area contributed by atoms with Crippen LogP contribution in [0.1, 0.15) is 12.0 Å². The lowest BCUT2D eigenvalue weighted by Crippen LogP contribution is -2.23. The van der Waals surface area contributed by atoms with Gasteiger partial charge in [-0.25, -0.2) is 4.98 Å². The Hall–Kier alpha value is -1.70. The van der Waals surface area contributed by atoms with Gasteiger partial charge in [0.15, 0.2) is 0 Å². The fourth-order valence-electron chi connectivity index (χ4n) is 2.55. The summed E-state index contributed by atoms with van der Waals surface area (Å²) >= 11 is 3.21. The van der Waals surface area contributed by atoms with E-state index in [9.17, 15) is 4.79 Å². The van der Waals surface area contributed by atoms with Gasteiger partial charge in [0, 0.05) is 24.0 Å². The van der Waals surface area contributed by atoms with Gasteiger partial charge in [0.25, 0.3) is 5.56 Å². The van der Waals surface area contributed by atoms with Crippen molar-refractivity contribution in [3.05, 3.63) is 32.7 Å².